The molecule has 3 rings (SSSR count). The summed E-state index contributed by atoms with van der Waals surface area (Å²) in [4.78, 5) is 40.3. The Hall–Kier alpha value is -3.57. The van der Waals surface area contributed by atoms with E-state index in [2.05, 4.69) is 26.3 Å². The molecule has 0 aromatic heterocycles. The summed E-state index contributed by atoms with van der Waals surface area (Å²) in [5, 5.41) is 30.1. The third kappa shape index (κ3) is 7.46. The van der Waals surface area contributed by atoms with Crippen LogP contribution < -0.4 is 21.3 Å². The molecule has 0 bridgehead atoms. The van der Waals surface area contributed by atoms with Crippen LogP contribution in [0.3, 0.4) is 0 Å². The minimum absolute atomic E-state index is 0.0293. The van der Waals surface area contributed by atoms with E-state index in [-0.39, 0.29) is 34.3 Å². The minimum Gasteiger partial charge on any atom is -0.506 e. The lowest BCUT2D eigenvalue weighted by Gasteiger charge is -2.20. The fourth-order valence-electron chi connectivity index (χ4n) is 3.25. The fraction of sp³-hybridized carbons (Fsp3) is 0.273. The SMILES string of the molecule is O=C(O)C[C@H](NC(=O)CNC(=O)c1cccc(NC2=NCC(F)CN2)c1)c1cc(Cl)cc(Cl)c1O. The number of phenolic OH excluding ortho intramolecular Hbond substituents is 1. The lowest BCUT2D eigenvalue weighted by atomic mass is 10.0. The zero-order valence-electron chi connectivity index (χ0n) is 18.1. The van der Waals surface area contributed by atoms with Gasteiger partial charge >= 0.3 is 5.97 Å². The van der Waals surface area contributed by atoms with Crippen molar-refractivity contribution in [2.75, 3.05) is 25.0 Å². The maximum absolute atomic E-state index is 13.2. The number of alkyl halides is 1. The molecule has 6 N–H and O–H groups in total. The van der Waals surface area contributed by atoms with Crippen molar-refractivity contribution in [1.29, 1.82) is 0 Å². The molecule has 2 aromatic rings. The molecule has 13 heteroatoms. The molecule has 2 amide bonds. The van der Waals surface area contributed by atoms with Gasteiger partial charge in [-0.1, -0.05) is 29.3 Å². The van der Waals surface area contributed by atoms with E-state index in [0.29, 0.717) is 11.6 Å². The van der Waals surface area contributed by atoms with Crippen molar-refractivity contribution >= 4 is 52.6 Å². The number of halogens is 3. The van der Waals surface area contributed by atoms with Gasteiger partial charge in [-0.05, 0) is 30.3 Å². The van der Waals surface area contributed by atoms with Crippen molar-refractivity contribution in [1.82, 2.24) is 16.0 Å². The number of aliphatic imine (C=N–C) groups is 1. The lowest BCUT2D eigenvalue weighted by Crippen LogP contribution is -2.41. The number of aromatic hydroxyl groups is 1. The number of carboxylic acid groups (broad SMARTS) is 1. The number of nitrogens with zero attached hydrogens (tertiary/aromatic N) is 1. The number of rotatable bonds is 8. The van der Waals surface area contributed by atoms with E-state index in [9.17, 15) is 29.0 Å². The Kier molecular flexibility index (Phi) is 8.72. The third-order valence-electron chi connectivity index (χ3n) is 4.88. The monoisotopic (exact) mass is 525 g/mol. The molecule has 0 spiro atoms. The Bertz CT molecular complexity index is 1160. The average molecular weight is 526 g/mol. The number of phenols is 1. The van der Waals surface area contributed by atoms with Crippen LogP contribution in [0.25, 0.3) is 0 Å². The molecule has 1 aliphatic heterocycles. The maximum Gasteiger partial charge on any atom is 0.305 e. The predicted octanol–water partition coefficient (Wildman–Crippen LogP) is 2.47. The van der Waals surface area contributed by atoms with Gasteiger partial charge in [0.05, 0.1) is 37.1 Å². The van der Waals surface area contributed by atoms with Crippen molar-refractivity contribution < 1.29 is 29.0 Å². The quantitative estimate of drug-likeness (QED) is 0.309. The van der Waals surface area contributed by atoms with Crippen LogP contribution >= 0.6 is 23.2 Å². The number of hydrogen-bond donors (Lipinski definition) is 6. The highest BCUT2D eigenvalue weighted by Gasteiger charge is 2.23. The van der Waals surface area contributed by atoms with Crippen LogP contribution in [0, 0.1) is 0 Å². The smallest absolute Gasteiger partial charge is 0.305 e. The molecule has 1 heterocycles. The third-order valence-corrected chi connectivity index (χ3v) is 5.39. The summed E-state index contributed by atoms with van der Waals surface area (Å²) in [7, 11) is 0. The molecule has 0 fully saturated rings. The normalized spacial score (nSPS) is 15.9. The van der Waals surface area contributed by atoms with Crippen LogP contribution in [0.4, 0.5) is 10.1 Å². The first-order chi connectivity index (χ1) is 16.6. The second-order valence-corrected chi connectivity index (χ2v) is 8.44. The van der Waals surface area contributed by atoms with Gasteiger partial charge in [0.2, 0.25) is 5.91 Å². The van der Waals surface area contributed by atoms with Crippen LogP contribution in [-0.2, 0) is 9.59 Å². The first-order valence-electron chi connectivity index (χ1n) is 10.4. The zero-order chi connectivity index (χ0) is 25.5. The van der Waals surface area contributed by atoms with Gasteiger partial charge < -0.3 is 31.5 Å². The lowest BCUT2D eigenvalue weighted by molar-refractivity contribution is -0.137. The molecular formula is C22H22Cl2FN5O5. The first-order valence-corrected chi connectivity index (χ1v) is 11.1. The molecule has 10 nitrogen and oxygen atoms in total. The molecule has 35 heavy (non-hydrogen) atoms. The van der Waals surface area contributed by atoms with Gasteiger partial charge in [-0.2, -0.15) is 0 Å². The van der Waals surface area contributed by atoms with Crippen LogP contribution in [0.1, 0.15) is 28.4 Å². The Morgan fingerprint density at radius 2 is 2.00 bits per heavy atom. The molecule has 186 valence electrons. The molecule has 0 saturated carbocycles. The molecule has 2 aromatic carbocycles. The van der Waals surface area contributed by atoms with Crippen molar-refractivity contribution in [3.05, 3.63) is 57.6 Å². The highest BCUT2D eigenvalue weighted by Crippen LogP contribution is 2.36. The molecule has 1 unspecified atom stereocenters. The van der Waals surface area contributed by atoms with Crippen molar-refractivity contribution in [2.24, 2.45) is 4.99 Å². The van der Waals surface area contributed by atoms with E-state index in [0.717, 1.165) is 0 Å². The van der Waals surface area contributed by atoms with Crippen LogP contribution in [0.2, 0.25) is 10.0 Å². The van der Waals surface area contributed by atoms with E-state index >= 15 is 0 Å². The highest BCUT2D eigenvalue weighted by molar-refractivity contribution is 6.35. The molecular weight excluding hydrogens is 504 g/mol. The summed E-state index contributed by atoms with van der Waals surface area (Å²) in [6, 6.07) is 7.80. The first kappa shape index (κ1) is 26.0. The van der Waals surface area contributed by atoms with E-state index in [1.54, 1.807) is 12.1 Å². The van der Waals surface area contributed by atoms with Gasteiger partial charge in [0.25, 0.3) is 5.91 Å². The molecule has 0 aliphatic carbocycles. The number of nitrogens with one attached hydrogen (secondary N) is 4. The number of carboxylic acids is 1. The van der Waals surface area contributed by atoms with Crippen molar-refractivity contribution in [3.63, 3.8) is 0 Å². The number of hydrogen-bond acceptors (Lipinski definition) is 7. The van der Waals surface area contributed by atoms with Gasteiger partial charge in [0.1, 0.15) is 11.9 Å². The summed E-state index contributed by atoms with van der Waals surface area (Å²) in [5.74, 6) is -2.52. The Morgan fingerprint density at radius 1 is 1.23 bits per heavy atom. The topological polar surface area (TPSA) is 152 Å². The number of carbonyl (C=O) groups is 3. The molecule has 2 atom stereocenters. The highest BCUT2D eigenvalue weighted by atomic mass is 35.5. The standard InChI is InChI=1S/C22H22Cl2FN5O5/c23-12-5-15(20(34)16(24)6-12)17(7-19(32)33)30-18(31)10-26-21(35)11-2-1-3-14(4-11)29-22-27-8-13(25)9-28-22/h1-6,13,17,34H,7-10H2,(H,26,35)(H,30,31)(H,32,33)(H2,27,28,29)/t17-/m0/s1. The molecule has 0 radical (unpaired) electrons. The van der Waals surface area contributed by atoms with Crippen molar-refractivity contribution in [3.8, 4) is 5.75 Å². The Balaban J connectivity index is 1.62. The van der Waals surface area contributed by atoms with Crippen molar-refractivity contribution in [2.45, 2.75) is 18.6 Å². The number of guanidine groups is 1. The Morgan fingerprint density at radius 3 is 2.69 bits per heavy atom. The summed E-state index contributed by atoms with van der Waals surface area (Å²) < 4.78 is 13.2. The number of benzene rings is 2. The Labute approximate surface area is 209 Å². The van der Waals surface area contributed by atoms with E-state index in [1.165, 1.54) is 24.3 Å². The minimum atomic E-state index is -1.24. The number of anilines is 1. The van der Waals surface area contributed by atoms with Gasteiger partial charge in [0.15, 0.2) is 5.96 Å². The van der Waals surface area contributed by atoms with Gasteiger partial charge in [-0.15, -0.1) is 0 Å². The number of carbonyl (C=O) groups excluding carboxylic acids is 2. The predicted molar refractivity (Wildman–Crippen MR) is 129 cm³/mol. The van der Waals surface area contributed by atoms with E-state index in [4.69, 9.17) is 23.2 Å². The second-order valence-electron chi connectivity index (χ2n) is 7.60. The van der Waals surface area contributed by atoms with E-state index in [1.807, 2.05) is 0 Å². The van der Waals surface area contributed by atoms with Crippen LogP contribution in [-0.4, -0.2) is 59.8 Å². The second kappa shape index (κ2) is 11.7. The van der Waals surface area contributed by atoms with E-state index < -0.39 is 48.7 Å². The fourth-order valence-corrected chi connectivity index (χ4v) is 3.76. The summed E-state index contributed by atoms with van der Waals surface area (Å²) in [5.41, 5.74) is 0.797. The maximum atomic E-state index is 13.2. The zero-order valence-corrected chi connectivity index (χ0v) is 19.7. The van der Waals surface area contributed by atoms with Crippen LogP contribution in [0.15, 0.2) is 41.4 Å². The number of aliphatic carboxylic acids is 1. The summed E-state index contributed by atoms with van der Waals surface area (Å²) in [6.07, 6.45) is -1.61. The van der Waals surface area contributed by atoms with Crippen LogP contribution in [0.5, 0.6) is 5.75 Å². The largest absolute Gasteiger partial charge is 0.506 e. The molecule has 0 saturated heterocycles. The number of amides is 2. The summed E-state index contributed by atoms with van der Waals surface area (Å²) >= 11 is 11.8. The average Bonchev–Trinajstić information content (AvgIpc) is 2.81. The molecule has 1 aliphatic rings. The van der Waals surface area contributed by atoms with Gasteiger partial charge in [-0.3, -0.25) is 14.4 Å². The summed E-state index contributed by atoms with van der Waals surface area (Å²) in [6.45, 7) is -0.302. The van der Waals surface area contributed by atoms with Gasteiger partial charge in [0, 0.05) is 21.8 Å². The van der Waals surface area contributed by atoms with Gasteiger partial charge in [-0.25, -0.2) is 9.38 Å².